The number of thioether (sulfide) groups is 1. The summed E-state index contributed by atoms with van der Waals surface area (Å²) in [7, 11) is 1.66. The molecule has 1 aromatic carbocycles. The first-order chi connectivity index (χ1) is 12.3. The lowest BCUT2D eigenvalue weighted by atomic mass is 9.87. The highest BCUT2D eigenvalue weighted by molar-refractivity contribution is 8.26. The molecule has 0 atom stereocenters. The third-order valence-electron chi connectivity index (χ3n) is 4.70. The number of anilines is 1. The standard InChI is InChI=1S/C20H24N2O2S2/c1-6-7-22-15-10-16(24-5)13(9-17-18(23)21-19(25)26-17)8-14(15)12(2)11-20(22,3)4/h8-11H,6-7H2,1-5H3,(H,21,23,25)/b17-9-. The summed E-state index contributed by atoms with van der Waals surface area (Å²) < 4.78 is 6.14. The number of nitrogens with one attached hydrogen (secondary N) is 1. The third kappa shape index (κ3) is 3.40. The zero-order valence-corrected chi connectivity index (χ0v) is 17.4. The number of rotatable bonds is 4. The molecule has 1 fully saturated rings. The molecular formula is C20H24N2O2S2. The largest absolute Gasteiger partial charge is 0.496 e. The number of fused-ring (bicyclic) bond motifs is 1. The minimum atomic E-state index is -0.152. The summed E-state index contributed by atoms with van der Waals surface area (Å²) in [5, 5.41) is 2.66. The van der Waals surface area contributed by atoms with Crippen LogP contribution in [0.5, 0.6) is 5.75 Å². The maximum Gasteiger partial charge on any atom is 0.263 e. The van der Waals surface area contributed by atoms with E-state index in [1.54, 1.807) is 7.11 Å². The lowest BCUT2D eigenvalue weighted by Gasteiger charge is -2.43. The van der Waals surface area contributed by atoms with Crippen LogP contribution in [0.4, 0.5) is 5.69 Å². The number of thiocarbonyl (C=S) groups is 1. The van der Waals surface area contributed by atoms with Gasteiger partial charge < -0.3 is 15.0 Å². The summed E-state index contributed by atoms with van der Waals surface area (Å²) in [6.07, 6.45) is 5.23. The molecule has 4 nitrogen and oxygen atoms in total. The maximum atomic E-state index is 12.0. The first-order valence-electron chi connectivity index (χ1n) is 8.71. The highest BCUT2D eigenvalue weighted by Crippen LogP contribution is 2.43. The van der Waals surface area contributed by atoms with Gasteiger partial charge in [-0.15, -0.1) is 0 Å². The van der Waals surface area contributed by atoms with Gasteiger partial charge in [-0.2, -0.15) is 0 Å². The molecule has 1 N–H and O–H groups in total. The van der Waals surface area contributed by atoms with Crippen LogP contribution in [0.25, 0.3) is 11.6 Å². The Morgan fingerprint density at radius 3 is 2.69 bits per heavy atom. The van der Waals surface area contributed by atoms with Crippen molar-refractivity contribution >= 4 is 51.5 Å². The lowest BCUT2D eigenvalue weighted by Crippen LogP contribution is -2.45. The molecule has 2 aliphatic heterocycles. The van der Waals surface area contributed by atoms with E-state index >= 15 is 0 Å². The van der Waals surface area contributed by atoms with E-state index in [9.17, 15) is 4.79 Å². The van der Waals surface area contributed by atoms with Gasteiger partial charge >= 0.3 is 0 Å². The summed E-state index contributed by atoms with van der Waals surface area (Å²) in [5.74, 6) is 0.606. The van der Waals surface area contributed by atoms with Crippen LogP contribution >= 0.6 is 24.0 Å². The Bertz CT molecular complexity index is 840. The maximum absolute atomic E-state index is 12.0. The summed E-state index contributed by atoms with van der Waals surface area (Å²) in [6.45, 7) is 9.77. The van der Waals surface area contributed by atoms with Gasteiger partial charge in [-0.25, -0.2) is 0 Å². The van der Waals surface area contributed by atoms with E-state index in [0.717, 1.165) is 24.3 Å². The van der Waals surface area contributed by atoms with Gasteiger partial charge in [0.2, 0.25) is 0 Å². The fourth-order valence-corrected chi connectivity index (χ4v) is 4.64. The van der Waals surface area contributed by atoms with Crippen molar-refractivity contribution in [2.45, 2.75) is 39.7 Å². The summed E-state index contributed by atoms with van der Waals surface area (Å²) >= 11 is 6.37. The van der Waals surface area contributed by atoms with Gasteiger partial charge in [0.05, 0.1) is 17.6 Å². The second-order valence-electron chi connectivity index (χ2n) is 7.10. The van der Waals surface area contributed by atoms with E-state index in [-0.39, 0.29) is 11.4 Å². The normalized spacial score (nSPS) is 20.1. The predicted molar refractivity (Wildman–Crippen MR) is 115 cm³/mol. The Morgan fingerprint density at radius 1 is 1.38 bits per heavy atom. The van der Waals surface area contributed by atoms with Crippen molar-refractivity contribution in [1.82, 2.24) is 5.32 Å². The SMILES string of the molecule is CCCN1c2cc(OC)c(/C=C3\SC(=S)NC3=O)cc2C(C)=CC1(C)C. The average molecular weight is 389 g/mol. The van der Waals surface area contributed by atoms with E-state index < -0.39 is 0 Å². The molecule has 1 aromatic rings. The molecule has 0 radical (unpaired) electrons. The van der Waals surface area contributed by atoms with Crippen LogP contribution < -0.4 is 15.0 Å². The number of carbonyl (C=O) groups excluding carboxylic acids is 1. The number of hydrogen-bond acceptors (Lipinski definition) is 5. The molecule has 0 aromatic heterocycles. The zero-order valence-electron chi connectivity index (χ0n) is 15.8. The molecular weight excluding hydrogens is 364 g/mol. The summed E-state index contributed by atoms with van der Waals surface area (Å²) in [4.78, 5) is 15.0. The van der Waals surface area contributed by atoms with Crippen LogP contribution in [-0.4, -0.2) is 29.4 Å². The first-order valence-corrected chi connectivity index (χ1v) is 9.93. The number of methoxy groups -OCH3 is 1. The van der Waals surface area contributed by atoms with Crippen LogP contribution in [0.3, 0.4) is 0 Å². The van der Waals surface area contributed by atoms with Gasteiger partial charge in [-0.3, -0.25) is 4.79 Å². The van der Waals surface area contributed by atoms with Crippen molar-refractivity contribution in [1.29, 1.82) is 0 Å². The second-order valence-corrected chi connectivity index (χ2v) is 8.82. The Labute approximate surface area is 164 Å². The van der Waals surface area contributed by atoms with Crippen molar-refractivity contribution in [2.75, 3.05) is 18.6 Å². The average Bonchev–Trinajstić information content (AvgIpc) is 2.88. The summed E-state index contributed by atoms with van der Waals surface area (Å²) in [5.41, 5.74) is 4.42. The quantitative estimate of drug-likeness (QED) is 0.603. The van der Waals surface area contributed by atoms with Crippen LogP contribution in [0.15, 0.2) is 23.1 Å². The fraction of sp³-hybridized carbons (Fsp3) is 0.400. The minimum Gasteiger partial charge on any atom is -0.496 e. The van der Waals surface area contributed by atoms with Gasteiger partial charge in [-0.1, -0.05) is 37.0 Å². The third-order valence-corrected chi connectivity index (χ3v) is 5.87. The van der Waals surface area contributed by atoms with E-state index in [2.05, 4.69) is 56.1 Å². The molecule has 0 spiro atoms. The lowest BCUT2D eigenvalue weighted by molar-refractivity contribution is -0.115. The second kappa shape index (κ2) is 7.08. The van der Waals surface area contributed by atoms with Crippen molar-refractivity contribution in [3.05, 3.63) is 34.2 Å². The molecule has 2 aliphatic rings. The van der Waals surface area contributed by atoms with Gasteiger partial charge in [0, 0.05) is 29.4 Å². The molecule has 3 rings (SSSR count). The van der Waals surface area contributed by atoms with Gasteiger partial charge in [0.15, 0.2) is 0 Å². The first kappa shape index (κ1) is 19.0. The number of hydrogen-bond donors (Lipinski definition) is 1. The van der Waals surface area contributed by atoms with Gasteiger partial charge in [0.25, 0.3) is 5.91 Å². The van der Waals surface area contributed by atoms with E-state index in [0.29, 0.717) is 9.23 Å². The number of benzene rings is 1. The molecule has 0 aliphatic carbocycles. The molecule has 2 heterocycles. The van der Waals surface area contributed by atoms with Crippen molar-refractivity contribution in [3.8, 4) is 5.75 Å². The molecule has 0 bridgehead atoms. The molecule has 6 heteroatoms. The van der Waals surface area contributed by atoms with E-state index in [4.69, 9.17) is 17.0 Å². The number of carbonyl (C=O) groups is 1. The highest BCUT2D eigenvalue weighted by atomic mass is 32.2. The van der Waals surface area contributed by atoms with Gasteiger partial charge in [-0.05, 0) is 44.9 Å². The van der Waals surface area contributed by atoms with Crippen LogP contribution in [0.2, 0.25) is 0 Å². The Kier molecular flexibility index (Phi) is 5.17. The molecule has 26 heavy (non-hydrogen) atoms. The molecule has 0 saturated carbocycles. The minimum absolute atomic E-state index is 0.0501. The predicted octanol–water partition coefficient (Wildman–Crippen LogP) is 4.60. The number of amides is 1. The van der Waals surface area contributed by atoms with E-state index in [1.807, 2.05) is 6.08 Å². The molecule has 1 saturated heterocycles. The molecule has 138 valence electrons. The fourth-order valence-electron chi connectivity index (χ4n) is 3.61. The monoisotopic (exact) mass is 388 g/mol. The molecule has 1 amide bonds. The van der Waals surface area contributed by atoms with Crippen LogP contribution in [0.1, 0.15) is 45.2 Å². The summed E-state index contributed by atoms with van der Waals surface area (Å²) in [6, 6.07) is 4.20. The van der Waals surface area contributed by atoms with Crippen molar-refractivity contribution in [3.63, 3.8) is 0 Å². The number of nitrogens with zero attached hydrogens (tertiary/aromatic N) is 1. The van der Waals surface area contributed by atoms with Gasteiger partial charge in [0.1, 0.15) is 10.1 Å². The Hall–Kier alpha value is -1.79. The number of ether oxygens (including phenoxy) is 1. The Morgan fingerprint density at radius 2 is 2.12 bits per heavy atom. The van der Waals surface area contributed by atoms with Crippen LogP contribution in [-0.2, 0) is 4.79 Å². The number of allylic oxidation sites excluding steroid dienone is 1. The van der Waals surface area contributed by atoms with E-state index in [1.165, 1.54) is 28.6 Å². The van der Waals surface area contributed by atoms with Crippen molar-refractivity contribution < 1.29 is 9.53 Å². The zero-order chi connectivity index (χ0) is 19.1. The van der Waals surface area contributed by atoms with Crippen molar-refractivity contribution in [2.24, 2.45) is 0 Å². The topological polar surface area (TPSA) is 41.6 Å². The van der Waals surface area contributed by atoms with Crippen LogP contribution in [0, 0.1) is 0 Å². The molecule has 0 unspecified atom stereocenters. The highest BCUT2D eigenvalue weighted by Gasteiger charge is 2.32. The smallest absolute Gasteiger partial charge is 0.263 e. The Balaban J connectivity index is 2.14.